The number of benzene rings is 2. The van der Waals surface area contributed by atoms with Crippen LogP contribution >= 0.6 is 0 Å². The van der Waals surface area contributed by atoms with Gasteiger partial charge in [0.25, 0.3) is 0 Å². The SMILES string of the molecule is COC(=O)CC(NS(=O)(=O)c1ccc2c(c1)CCN2C(C)=O)c1ccc(C)cc1. The Morgan fingerprint density at radius 3 is 2.48 bits per heavy atom. The zero-order valence-corrected chi connectivity index (χ0v) is 17.5. The molecule has 0 radical (unpaired) electrons. The van der Waals surface area contributed by atoms with Crippen LogP contribution in [-0.4, -0.2) is 33.9 Å². The van der Waals surface area contributed by atoms with E-state index in [1.807, 2.05) is 19.1 Å². The van der Waals surface area contributed by atoms with E-state index in [0.717, 1.165) is 16.8 Å². The van der Waals surface area contributed by atoms with E-state index in [0.29, 0.717) is 18.5 Å². The summed E-state index contributed by atoms with van der Waals surface area (Å²) in [6.45, 7) is 3.95. The second kappa shape index (κ2) is 8.34. The molecule has 0 bridgehead atoms. The normalized spacial score (nSPS) is 14.4. The van der Waals surface area contributed by atoms with Crippen LogP contribution in [0.4, 0.5) is 5.69 Å². The van der Waals surface area contributed by atoms with Gasteiger partial charge in [-0.05, 0) is 42.7 Å². The lowest BCUT2D eigenvalue weighted by molar-refractivity contribution is -0.141. The molecule has 8 heteroatoms. The van der Waals surface area contributed by atoms with Gasteiger partial charge in [-0.1, -0.05) is 29.8 Å². The monoisotopic (exact) mass is 416 g/mol. The standard InChI is InChI=1S/C21H24N2O5S/c1-14-4-6-16(7-5-14)19(13-21(25)28-3)22-29(26,27)18-8-9-20-17(12-18)10-11-23(20)15(2)24/h4-9,12,19,22H,10-11,13H2,1-3H3. The summed E-state index contributed by atoms with van der Waals surface area (Å²) in [5, 5.41) is 0. The van der Waals surface area contributed by atoms with E-state index in [1.54, 1.807) is 29.2 Å². The van der Waals surface area contributed by atoms with Gasteiger partial charge in [-0.15, -0.1) is 0 Å². The third-order valence-corrected chi connectivity index (χ3v) is 6.48. The van der Waals surface area contributed by atoms with Crippen LogP contribution in [0, 0.1) is 6.92 Å². The number of anilines is 1. The van der Waals surface area contributed by atoms with Gasteiger partial charge in [0, 0.05) is 19.2 Å². The van der Waals surface area contributed by atoms with Crippen LogP contribution in [0.1, 0.15) is 36.1 Å². The molecule has 7 nitrogen and oxygen atoms in total. The van der Waals surface area contributed by atoms with Crippen LogP contribution in [0.2, 0.25) is 0 Å². The number of nitrogens with zero attached hydrogens (tertiary/aromatic N) is 1. The van der Waals surface area contributed by atoms with Crippen molar-refractivity contribution in [3.63, 3.8) is 0 Å². The molecule has 1 aliphatic rings. The Hall–Kier alpha value is -2.71. The van der Waals surface area contributed by atoms with Gasteiger partial charge in [0.1, 0.15) is 0 Å². The summed E-state index contributed by atoms with van der Waals surface area (Å²) in [4.78, 5) is 25.3. The lowest BCUT2D eigenvalue weighted by Gasteiger charge is -2.19. The van der Waals surface area contributed by atoms with Crippen molar-refractivity contribution >= 4 is 27.6 Å². The number of esters is 1. The summed E-state index contributed by atoms with van der Waals surface area (Å²) in [5.41, 5.74) is 3.25. The van der Waals surface area contributed by atoms with Crippen molar-refractivity contribution in [1.29, 1.82) is 0 Å². The topological polar surface area (TPSA) is 92.8 Å². The average Bonchev–Trinajstić information content (AvgIpc) is 3.11. The van der Waals surface area contributed by atoms with E-state index >= 15 is 0 Å². The molecule has 154 valence electrons. The fraction of sp³-hybridized carbons (Fsp3) is 0.333. The molecule has 1 heterocycles. The van der Waals surface area contributed by atoms with Crippen LogP contribution in [0.15, 0.2) is 47.4 Å². The Balaban J connectivity index is 1.90. The predicted molar refractivity (Wildman–Crippen MR) is 109 cm³/mol. The lowest BCUT2D eigenvalue weighted by Crippen LogP contribution is -2.30. The number of hydrogen-bond donors (Lipinski definition) is 1. The minimum absolute atomic E-state index is 0.0741. The van der Waals surface area contributed by atoms with Gasteiger partial charge in [-0.2, -0.15) is 0 Å². The summed E-state index contributed by atoms with van der Waals surface area (Å²) in [6.07, 6.45) is 0.476. The summed E-state index contributed by atoms with van der Waals surface area (Å²) in [5.74, 6) is -0.584. The van der Waals surface area contributed by atoms with Crippen molar-refractivity contribution in [3.05, 3.63) is 59.2 Å². The number of nitrogens with one attached hydrogen (secondary N) is 1. The van der Waals surface area contributed by atoms with Gasteiger partial charge >= 0.3 is 5.97 Å². The Bertz CT molecular complexity index is 1030. The maximum Gasteiger partial charge on any atom is 0.307 e. The maximum absolute atomic E-state index is 13.0. The number of methoxy groups -OCH3 is 1. The van der Waals surface area contributed by atoms with E-state index in [-0.39, 0.29) is 17.2 Å². The Kier molecular flexibility index (Phi) is 6.04. The minimum Gasteiger partial charge on any atom is -0.469 e. The van der Waals surface area contributed by atoms with Crippen molar-refractivity contribution in [2.24, 2.45) is 0 Å². The quantitative estimate of drug-likeness (QED) is 0.731. The van der Waals surface area contributed by atoms with Gasteiger partial charge in [0.15, 0.2) is 0 Å². The number of fused-ring (bicyclic) bond motifs is 1. The molecule has 0 aliphatic carbocycles. The first-order chi connectivity index (χ1) is 13.7. The van der Waals surface area contributed by atoms with Crippen molar-refractivity contribution in [2.75, 3.05) is 18.6 Å². The Labute approximate surface area is 170 Å². The zero-order valence-electron chi connectivity index (χ0n) is 16.6. The molecule has 29 heavy (non-hydrogen) atoms. The van der Waals surface area contributed by atoms with Crippen LogP contribution in [0.3, 0.4) is 0 Å². The summed E-state index contributed by atoms with van der Waals surface area (Å²) >= 11 is 0. The predicted octanol–water partition coefficient (Wildman–Crippen LogP) is 2.49. The van der Waals surface area contributed by atoms with E-state index in [2.05, 4.69) is 4.72 Å². The molecule has 1 aliphatic heterocycles. The second-order valence-corrected chi connectivity index (χ2v) is 8.79. The highest BCUT2D eigenvalue weighted by Crippen LogP contribution is 2.31. The summed E-state index contributed by atoms with van der Waals surface area (Å²) in [7, 11) is -2.62. The molecule has 2 aromatic carbocycles. The summed E-state index contributed by atoms with van der Waals surface area (Å²) in [6, 6.07) is 11.3. The van der Waals surface area contributed by atoms with E-state index < -0.39 is 22.0 Å². The Morgan fingerprint density at radius 2 is 1.86 bits per heavy atom. The van der Waals surface area contributed by atoms with Crippen molar-refractivity contribution in [1.82, 2.24) is 4.72 Å². The molecule has 1 amide bonds. The van der Waals surface area contributed by atoms with Crippen molar-refractivity contribution in [2.45, 2.75) is 37.6 Å². The number of rotatable bonds is 6. The van der Waals surface area contributed by atoms with Gasteiger partial charge in [0.2, 0.25) is 15.9 Å². The molecule has 3 rings (SSSR count). The third-order valence-electron chi connectivity index (χ3n) is 5.01. The number of sulfonamides is 1. The maximum atomic E-state index is 13.0. The molecular weight excluding hydrogens is 392 g/mol. The van der Waals surface area contributed by atoms with E-state index in [1.165, 1.54) is 20.1 Å². The number of amides is 1. The van der Waals surface area contributed by atoms with Gasteiger partial charge < -0.3 is 9.64 Å². The first kappa shape index (κ1) is 21.0. The summed E-state index contributed by atoms with van der Waals surface area (Å²) < 4.78 is 33.4. The molecule has 1 N–H and O–H groups in total. The first-order valence-electron chi connectivity index (χ1n) is 9.28. The van der Waals surface area contributed by atoms with Crippen LogP contribution in [0.5, 0.6) is 0 Å². The number of aryl methyl sites for hydroxylation is 1. The number of hydrogen-bond acceptors (Lipinski definition) is 5. The molecule has 1 atom stereocenters. The van der Waals surface area contributed by atoms with Crippen LogP contribution in [-0.2, 0) is 30.8 Å². The number of ether oxygens (including phenoxy) is 1. The molecular formula is C21H24N2O5S. The molecule has 0 saturated carbocycles. The second-order valence-electron chi connectivity index (χ2n) is 7.08. The van der Waals surface area contributed by atoms with E-state index in [4.69, 9.17) is 4.74 Å². The smallest absolute Gasteiger partial charge is 0.307 e. The first-order valence-corrected chi connectivity index (χ1v) is 10.8. The largest absolute Gasteiger partial charge is 0.469 e. The molecule has 2 aromatic rings. The number of carbonyl (C=O) groups excluding carboxylic acids is 2. The highest BCUT2D eigenvalue weighted by molar-refractivity contribution is 7.89. The highest BCUT2D eigenvalue weighted by atomic mass is 32.2. The van der Waals surface area contributed by atoms with Gasteiger partial charge in [-0.25, -0.2) is 13.1 Å². The Morgan fingerprint density at radius 1 is 1.17 bits per heavy atom. The molecule has 0 aromatic heterocycles. The molecule has 0 spiro atoms. The fourth-order valence-corrected chi connectivity index (χ4v) is 4.68. The fourth-order valence-electron chi connectivity index (χ4n) is 3.40. The third kappa shape index (κ3) is 4.65. The zero-order chi connectivity index (χ0) is 21.2. The highest BCUT2D eigenvalue weighted by Gasteiger charge is 2.27. The van der Waals surface area contributed by atoms with Crippen LogP contribution in [0.25, 0.3) is 0 Å². The number of carbonyl (C=O) groups is 2. The molecule has 1 unspecified atom stereocenters. The van der Waals surface area contributed by atoms with Crippen molar-refractivity contribution in [3.8, 4) is 0 Å². The van der Waals surface area contributed by atoms with Gasteiger partial charge in [0.05, 0.1) is 24.5 Å². The average molecular weight is 416 g/mol. The minimum atomic E-state index is -3.89. The van der Waals surface area contributed by atoms with E-state index in [9.17, 15) is 18.0 Å². The molecule has 0 saturated heterocycles. The molecule has 0 fully saturated rings. The van der Waals surface area contributed by atoms with Gasteiger partial charge in [-0.3, -0.25) is 9.59 Å². The van der Waals surface area contributed by atoms with Crippen LogP contribution < -0.4 is 9.62 Å². The van der Waals surface area contributed by atoms with Crippen molar-refractivity contribution < 1.29 is 22.7 Å². The lowest BCUT2D eigenvalue weighted by atomic mass is 10.0.